The van der Waals surface area contributed by atoms with E-state index in [0.717, 1.165) is 61.6 Å². The number of hydrogen-bond donors (Lipinski definition) is 3. The number of esters is 1. The summed E-state index contributed by atoms with van der Waals surface area (Å²) in [5.41, 5.74) is 3.58. The van der Waals surface area contributed by atoms with E-state index in [2.05, 4.69) is 19.2 Å². The summed E-state index contributed by atoms with van der Waals surface area (Å²) in [6, 6.07) is 15.2. The third-order valence-corrected chi connectivity index (χ3v) is 6.60. The van der Waals surface area contributed by atoms with Gasteiger partial charge >= 0.3 is 12.1 Å². The Balaban J connectivity index is 1.70. The highest BCUT2D eigenvalue weighted by molar-refractivity contribution is 5.84. The van der Waals surface area contributed by atoms with E-state index in [9.17, 15) is 19.8 Å². The van der Waals surface area contributed by atoms with Crippen LogP contribution in [0.3, 0.4) is 0 Å². The van der Waals surface area contributed by atoms with Crippen molar-refractivity contribution < 1.29 is 29.3 Å². The Morgan fingerprint density at radius 3 is 1.67 bits per heavy atom. The zero-order valence-corrected chi connectivity index (χ0v) is 23.7. The van der Waals surface area contributed by atoms with Gasteiger partial charge in [0.05, 0.1) is 6.42 Å². The van der Waals surface area contributed by atoms with E-state index in [1.807, 2.05) is 36.4 Å². The van der Waals surface area contributed by atoms with Crippen LogP contribution in [0.25, 0.3) is 0 Å². The van der Waals surface area contributed by atoms with E-state index in [0.29, 0.717) is 24.9 Å². The number of carbonyl (C=O) groups excluding carboxylic acids is 2. The Bertz CT molecular complexity index is 867. The Hall–Kier alpha value is -2.90. The number of hydrogen-bond acceptors (Lipinski definition) is 6. The van der Waals surface area contributed by atoms with Gasteiger partial charge in [-0.05, 0) is 48.1 Å². The smallest absolute Gasteiger partial charge is 0.413 e. The summed E-state index contributed by atoms with van der Waals surface area (Å²) in [5.74, 6) is -0.426. The second kappa shape index (κ2) is 19.2. The van der Waals surface area contributed by atoms with E-state index >= 15 is 0 Å². The van der Waals surface area contributed by atoms with Gasteiger partial charge < -0.3 is 19.7 Å². The highest BCUT2D eigenvalue weighted by Gasteiger charge is 2.13. The second-order valence-corrected chi connectivity index (χ2v) is 10.2. The first kappa shape index (κ1) is 32.3. The van der Waals surface area contributed by atoms with Crippen LogP contribution in [0, 0.1) is 0 Å². The first-order valence-corrected chi connectivity index (χ1v) is 14.6. The minimum Gasteiger partial charge on any atom is -0.436 e. The molecule has 2 aromatic rings. The molecule has 39 heavy (non-hydrogen) atoms. The normalized spacial score (nSPS) is 12.5. The highest BCUT2D eigenvalue weighted by atomic mass is 16.6. The monoisotopic (exact) mass is 541 g/mol. The van der Waals surface area contributed by atoms with Crippen molar-refractivity contribution in [3.05, 3.63) is 65.2 Å². The van der Waals surface area contributed by atoms with Crippen molar-refractivity contribution in [1.82, 2.24) is 0 Å². The summed E-state index contributed by atoms with van der Waals surface area (Å²) in [7, 11) is 0. The summed E-state index contributed by atoms with van der Waals surface area (Å²) in [6.45, 7) is 4.31. The minimum atomic E-state index is -1.10. The molecule has 3 N–H and O–H groups in total. The number of aliphatic hydroxyl groups excluding tert-OH is 2. The van der Waals surface area contributed by atoms with Crippen molar-refractivity contribution in [2.24, 2.45) is 0 Å². The molecule has 216 valence electrons. The van der Waals surface area contributed by atoms with Gasteiger partial charge in [0.1, 0.15) is 0 Å². The van der Waals surface area contributed by atoms with Crippen molar-refractivity contribution >= 4 is 17.7 Å². The lowest BCUT2D eigenvalue weighted by molar-refractivity contribution is -0.168. The number of benzene rings is 2. The van der Waals surface area contributed by atoms with Gasteiger partial charge in [-0.25, -0.2) is 4.79 Å². The molecule has 0 heterocycles. The van der Waals surface area contributed by atoms with E-state index in [4.69, 9.17) is 9.47 Å². The van der Waals surface area contributed by atoms with Gasteiger partial charge in [-0.2, -0.15) is 0 Å². The van der Waals surface area contributed by atoms with Crippen LogP contribution < -0.4 is 5.32 Å². The van der Waals surface area contributed by atoms with Gasteiger partial charge in [0.15, 0.2) is 0 Å². The lowest BCUT2D eigenvalue weighted by Gasteiger charge is -2.13. The van der Waals surface area contributed by atoms with Gasteiger partial charge in [-0.3, -0.25) is 10.1 Å². The summed E-state index contributed by atoms with van der Waals surface area (Å²) in [5, 5.41) is 22.5. The number of unbranched alkanes of at least 4 members (excludes halogenated alkanes) is 8. The van der Waals surface area contributed by atoms with E-state index in [-0.39, 0.29) is 6.42 Å². The standard InChI is InChI=1S/C32H47NO6/c1-3-5-7-9-11-13-29(34)38-31(36)24-27-17-15-25(16-18-27)23-26-19-21-28(22-20-26)33-32(37)39-30(35)14-12-10-8-6-4-2/h15-22,29-30,34-35H,3-14,23-24H2,1-2H3,(H,33,37). The number of aliphatic hydroxyl groups is 2. The molecule has 2 atom stereocenters. The zero-order chi connectivity index (χ0) is 28.3. The summed E-state index contributed by atoms with van der Waals surface area (Å²) in [4.78, 5) is 24.2. The maximum absolute atomic E-state index is 12.1. The van der Waals surface area contributed by atoms with E-state index in [1.54, 1.807) is 12.1 Å². The third-order valence-electron chi connectivity index (χ3n) is 6.60. The Labute approximate surface area is 233 Å². The van der Waals surface area contributed by atoms with Crippen LogP contribution in [0.5, 0.6) is 0 Å². The first-order valence-electron chi connectivity index (χ1n) is 14.6. The number of anilines is 1. The fourth-order valence-corrected chi connectivity index (χ4v) is 4.31. The van der Waals surface area contributed by atoms with Crippen LogP contribution in [0.15, 0.2) is 48.5 Å². The van der Waals surface area contributed by atoms with Crippen LogP contribution >= 0.6 is 0 Å². The van der Waals surface area contributed by atoms with Crippen molar-refractivity contribution in [2.75, 3.05) is 5.32 Å². The molecule has 7 heteroatoms. The summed E-state index contributed by atoms with van der Waals surface area (Å²) >= 11 is 0. The number of ether oxygens (including phenoxy) is 2. The average molecular weight is 542 g/mol. The zero-order valence-electron chi connectivity index (χ0n) is 23.7. The maximum Gasteiger partial charge on any atom is 0.413 e. The van der Waals surface area contributed by atoms with Crippen molar-refractivity contribution in [2.45, 2.75) is 116 Å². The van der Waals surface area contributed by atoms with Gasteiger partial charge in [0, 0.05) is 18.5 Å². The lowest BCUT2D eigenvalue weighted by Crippen LogP contribution is -2.22. The molecule has 0 saturated heterocycles. The number of rotatable bonds is 19. The number of amides is 1. The summed E-state index contributed by atoms with van der Waals surface area (Å²) < 4.78 is 10.2. The Kier molecular flexibility index (Phi) is 15.9. The Morgan fingerprint density at radius 1 is 0.667 bits per heavy atom. The highest BCUT2D eigenvalue weighted by Crippen LogP contribution is 2.16. The molecule has 2 unspecified atom stereocenters. The van der Waals surface area contributed by atoms with Crippen LogP contribution in [0.1, 0.15) is 108 Å². The molecule has 0 radical (unpaired) electrons. The predicted octanol–water partition coefficient (Wildman–Crippen LogP) is 7.27. The molecule has 0 aliphatic rings. The van der Waals surface area contributed by atoms with Crippen LogP contribution in [0.2, 0.25) is 0 Å². The molecule has 2 rings (SSSR count). The van der Waals surface area contributed by atoms with Gasteiger partial charge in [-0.1, -0.05) is 102 Å². The fourth-order valence-electron chi connectivity index (χ4n) is 4.31. The lowest BCUT2D eigenvalue weighted by atomic mass is 10.0. The number of carbonyl (C=O) groups is 2. The van der Waals surface area contributed by atoms with Crippen molar-refractivity contribution in [3.63, 3.8) is 0 Å². The fraction of sp³-hybridized carbons (Fsp3) is 0.562. The molecule has 0 aromatic heterocycles. The van der Waals surface area contributed by atoms with Crippen LogP contribution in [-0.2, 0) is 27.1 Å². The molecule has 2 aromatic carbocycles. The SMILES string of the molecule is CCCCCCCC(O)OC(=O)Cc1ccc(Cc2ccc(NC(=O)OC(O)CCCCCCC)cc2)cc1. The molecule has 0 aliphatic heterocycles. The van der Waals surface area contributed by atoms with Crippen LogP contribution in [0.4, 0.5) is 10.5 Å². The molecule has 7 nitrogen and oxygen atoms in total. The van der Waals surface area contributed by atoms with Gasteiger partial charge in [-0.15, -0.1) is 0 Å². The molecular formula is C32H47NO6. The van der Waals surface area contributed by atoms with Crippen molar-refractivity contribution in [3.8, 4) is 0 Å². The molecule has 1 amide bonds. The molecule has 0 spiro atoms. The predicted molar refractivity (Wildman–Crippen MR) is 154 cm³/mol. The topological polar surface area (TPSA) is 105 Å². The average Bonchev–Trinajstić information content (AvgIpc) is 2.90. The molecular weight excluding hydrogens is 494 g/mol. The third kappa shape index (κ3) is 14.7. The van der Waals surface area contributed by atoms with E-state index in [1.165, 1.54) is 19.3 Å². The van der Waals surface area contributed by atoms with E-state index < -0.39 is 24.6 Å². The molecule has 0 saturated carbocycles. The minimum absolute atomic E-state index is 0.122. The van der Waals surface area contributed by atoms with Crippen LogP contribution in [-0.4, -0.2) is 34.9 Å². The molecule has 0 bridgehead atoms. The molecule has 0 fully saturated rings. The Morgan fingerprint density at radius 2 is 1.13 bits per heavy atom. The second-order valence-electron chi connectivity index (χ2n) is 10.2. The van der Waals surface area contributed by atoms with Gasteiger partial charge in [0.25, 0.3) is 0 Å². The first-order chi connectivity index (χ1) is 18.9. The quantitative estimate of drug-likeness (QED) is 0.0981. The van der Waals surface area contributed by atoms with Gasteiger partial charge in [0.2, 0.25) is 12.6 Å². The summed E-state index contributed by atoms with van der Waals surface area (Å²) in [6.07, 6.45) is 9.66. The number of nitrogens with one attached hydrogen (secondary N) is 1. The largest absolute Gasteiger partial charge is 0.436 e. The van der Waals surface area contributed by atoms with Crippen molar-refractivity contribution in [1.29, 1.82) is 0 Å². The molecule has 0 aliphatic carbocycles. The maximum atomic E-state index is 12.1.